The van der Waals surface area contributed by atoms with Crippen LogP contribution >= 0.6 is 0 Å². The zero-order chi connectivity index (χ0) is 12.5. The highest BCUT2D eigenvalue weighted by Crippen LogP contribution is 2.36. The van der Waals surface area contributed by atoms with Crippen molar-refractivity contribution < 1.29 is 5.11 Å². The van der Waals surface area contributed by atoms with Crippen LogP contribution in [0.2, 0.25) is 0 Å². The minimum absolute atomic E-state index is 0.239. The fraction of sp³-hybridized carbons (Fsp3) is 0.429. The van der Waals surface area contributed by atoms with Crippen LogP contribution < -0.4 is 0 Å². The molecule has 0 bridgehead atoms. The van der Waals surface area contributed by atoms with Crippen LogP contribution in [-0.4, -0.2) is 26.2 Å². The Labute approximate surface area is 106 Å². The Morgan fingerprint density at radius 3 is 3.06 bits per heavy atom. The van der Waals surface area contributed by atoms with Crippen molar-refractivity contribution in [1.82, 2.24) is 15.0 Å². The van der Waals surface area contributed by atoms with Crippen LogP contribution in [-0.2, 0) is 19.9 Å². The van der Waals surface area contributed by atoms with Gasteiger partial charge < -0.3 is 5.11 Å². The lowest BCUT2D eigenvalue weighted by Crippen LogP contribution is -2.19. The van der Waals surface area contributed by atoms with Crippen molar-refractivity contribution in [2.45, 2.75) is 31.3 Å². The highest BCUT2D eigenvalue weighted by molar-refractivity contribution is 5.35. The van der Waals surface area contributed by atoms with Gasteiger partial charge in [-0.15, -0.1) is 5.10 Å². The summed E-state index contributed by atoms with van der Waals surface area (Å²) in [5.41, 5.74) is 3.53. The lowest BCUT2D eigenvalue weighted by Gasteiger charge is -2.18. The molecule has 1 aromatic carbocycles. The fourth-order valence-electron chi connectivity index (χ4n) is 2.84. The number of benzene rings is 1. The molecule has 0 saturated heterocycles. The molecular weight excluding hydrogens is 226 g/mol. The Balaban J connectivity index is 1.76. The van der Waals surface area contributed by atoms with Gasteiger partial charge in [0.05, 0.1) is 11.8 Å². The summed E-state index contributed by atoms with van der Waals surface area (Å²) in [7, 11) is 1.84. The molecule has 94 valence electrons. The second-order valence-corrected chi connectivity index (χ2v) is 5.00. The quantitative estimate of drug-likeness (QED) is 0.887. The predicted molar refractivity (Wildman–Crippen MR) is 68.2 cm³/mol. The van der Waals surface area contributed by atoms with E-state index in [2.05, 4.69) is 28.5 Å². The van der Waals surface area contributed by atoms with Gasteiger partial charge in [0, 0.05) is 25.6 Å². The normalized spacial score (nSPS) is 19.8. The second kappa shape index (κ2) is 4.53. The van der Waals surface area contributed by atoms with E-state index in [0.717, 1.165) is 18.5 Å². The minimum atomic E-state index is -0.370. The zero-order valence-corrected chi connectivity index (χ0v) is 10.5. The van der Waals surface area contributed by atoms with Gasteiger partial charge in [0.2, 0.25) is 0 Å². The summed E-state index contributed by atoms with van der Waals surface area (Å²) in [5.74, 6) is 0.239. The molecule has 0 amide bonds. The van der Waals surface area contributed by atoms with E-state index in [0.29, 0.717) is 6.42 Å². The maximum atomic E-state index is 10.4. The Morgan fingerprint density at radius 1 is 1.44 bits per heavy atom. The highest BCUT2D eigenvalue weighted by atomic mass is 16.3. The number of rotatable bonds is 3. The van der Waals surface area contributed by atoms with Crippen LogP contribution in [0.25, 0.3) is 0 Å². The van der Waals surface area contributed by atoms with Gasteiger partial charge in [0.1, 0.15) is 0 Å². The van der Waals surface area contributed by atoms with Crippen LogP contribution in [0.5, 0.6) is 0 Å². The summed E-state index contributed by atoms with van der Waals surface area (Å²) >= 11 is 0. The molecule has 1 aliphatic rings. The molecule has 2 aromatic rings. The van der Waals surface area contributed by atoms with Crippen molar-refractivity contribution in [2.24, 2.45) is 7.05 Å². The maximum absolute atomic E-state index is 10.4. The smallest absolute Gasteiger partial charge is 0.0852 e. The molecule has 0 saturated carbocycles. The second-order valence-electron chi connectivity index (χ2n) is 5.00. The summed E-state index contributed by atoms with van der Waals surface area (Å²) in [4.78, 5) is 0. The third kappa shape index (κ3) is 2.04. The molecule has 1 heterocycles. The van der Waals surface area contributed by atoms with Crippen molar-refractivity contribution >= 4 is 0 Å². The molecule has 2 unspecified atom stereocenters. The van der Waals surface area contributed by atoms with Gasteiger partial charge in [-0.25, -0.2) is 0 Å². The average Bonchev–Trinajstić information content (AvgIpc) is 2.95. The Kier molecular flexibility index (Phi) is 2.88. The summed E-state index contributed by atoms with van der Waals surface area (Å²) in [5, 5.41) is 18.3. The third-order valence-corrected chi connectivity index (χ3v) is 3.71. The molecule has 1 N–H and O–H groups in total. The maximum Gasteiger partial charge on any atom is 0.0852 e. The molecule has 0 radical (unpaired) electrons. The average molecular weight is 243 g/mol. The van der Waals surface area contributed by atoms with Crippen LogP contribution in [0.15, 0.2) is 30.5 Å². The van der Waals surface area contributed by atoms with Gasteiger partial charge in [-0.1, -0.05) is 29.5 Å². The molecule has 3 rings (SSSR count). The first-order chi connectivity index (χ1) is 8.74. The summed E-state index contributed by atoms with van der Waals surface area (Å²) < 4.78 is 1.67. The van der Waals surface area contributed by atoms with Gasteiger partial charge in [0.15, 0.2) is 0 Å². The summed E-state index contributed by atoms with van der Waals surface area (Å²) in [6, 6.07) is 8.40. The number of hydrogen-bond acceptors (Lipinski definition) is 3. The van der Waals surface area contributed by atoms with Gasteiger partial charge in [0.25, 0.3) is 0 Å². The first-order valence-corrected chi connectivity index (χ1v) is 6.35. The summed E-state index contributed by atoms with van der Waals surface area (Å²) in [6.45, 7) is 0. The van der Waals surface area contributed by atoms with Crippen LogP contribution in [0, 0.1) is 0 Å². The van der Waals surface area contributed by atoms with Gasteiger partial charge >= 0.3 is 0 Å². The number of aliphatic hydroxyl groups excluding tert-OH is 1. The van der Waals surface area contributed by atoms with Gasteiger partial charge in [-0.05, 0) is 24.0 Å². The zero-order valence-electron chi connectivity index (χ0n) is 10.5. The Hall–Kier alpha value is -1.68. The molecule has 18 heavy (non-hydrogen) atoms. The van der Waals surface area contributed by atoms with Crippen molar-refractivity contribution in [3.8, 4) is 0 Å². The third-order valence-electron chi connectivity index (χ3n) is 3.71. The number of hydrogen-bond donors (Lipinski definition) is 1. The van der Waals surface area contributed by atoms with Crippen LogP contribution in [0.4, 0.5) is 0 Å². The van der Waals surface area contributed by atoms with E-state index < -0.39 is 0 Å². The molecule has 1 aliphatic carbocycles. The summed E-state index contributed by atoms with van der Waals surface area (Å²) in [6.07, 6.45) is 4.17. The van der Waals surface area contributed by atoms with E-state index >= 15 is 0 Å². The van der Waals surface area contributed by atoms with E-state index in [1.54, 1.807) is 4.68 Å². The van der Waals surface area contributed by atoms with E-state index in [1.165, 1.54) is 11.1 Å². The van der Waals surface area contributed by atoms with E-state index in [9.17, 15) is 5.11 Å². The molecular formula is C14H17N3O. The number of aryl methyl sites for hydroxylation is 2. The molecule has 4 heteroatoms. The lowest BCUT2D eigenvalue weighted by atomic mass is 9.92. The standard InChI is InChI=1S/C14H17N3O/c1-17-9-11(15-16-17)8-14(18)13-7-6-10-4-2-3-5-12(10)13/h2-5,9,13-14,18H,6-8H2,1H3. The van der Waals surface area contributed by atoms with E-state index in [-0.39, 0.29) is 12.0 Å². The first kappa shape index (κ1) is 11.4. The molecule has 0 aliphatic heterocycles. The molecule has 2 atom stereocenters. The van der Waals surface area contributed by atoms with Crippen LogP contribution in [0.1, 0.15) is 29.2 Å². The number of nitrogens with zero attached hydrogens (tertiary/aromatic N) is 3. The molecule has 0 fully saturated rings. The number of aliphatic hydroxyl groups is 1. The lowest BCUT2D eigenvalue weighted by molar-refractivity contribution is 0.142. The van der Waals surface area contributed by atoms with Gasteiger partial charge in [-0.2, -0.15) is 0 Å². The van der Waals surface area contributed by atoms with Crippen LogP contribution in [0.3, 0.4) is 0 Å². The Bertz CT molecular complexity index is 549. The van der Waals surface area contributed by atoms with Gasteiger partial charge in [-0.3, -0.25) is 4.68 Å². The monoisotopic (exact) mass is 243 g/mol. The van der Waals surface area contributed by atoms with E-state index in [1.807, 2.05) is 19.3 Å². The number of aromatic nitrogens is 3. The SMILES string of the molecule is Cn1cc(CC(O)C2CCc3ccccc32)nn1. The molecule has 4 nitrogen and oxygen atoms in total. The molecule has 1 aromatic heterocycles. The van der Waals surface area contributed by atoms with Crippen molar-refractivity contribution in [3.05, 3.63) is 47.3 Å². The Morgan fingerprint density at radius 2 is 2.28 bits per heavy atom. The molecule has 0 spiro atoms. The number of fused-ring (bicyclic) bond motifs is 1. The predicted octanol–water partition coefficient (Wildman–Crippen LogP) is 1.45. The van der Waals surface area contributed by atoms with E-state index in [4.69, 9.17) is 0 Å². The van der Waals surface area contributed by atoms with Crippen molar-refractivity contribution in [2.75, 3.05) is 0 Å². The fourth-order valence-corrected chi connectivity index (χ4v) is 2.84. The minimum Gasteiger partial charge on any atom is -0.392 e. The first-order valence-electron chi connectivity index (χ1n) is 6.35. The topological polar surface area (TPSA) is 50.9 Å². The van der Waals surface area contributed by atoms with Crippen molar-refractivity contribution in [3.63, 3.8) is 0 Å². The van der Waals surface area contributed by atoms with Crippen molar-refractivity contribution in [1.29, 1.82) is 0 Å². The highest BCUT2D eigenvalue weighted by Gasteiger charge is 2.28. The largest absolute Gasteiger partial charge is 0.392 e.